The number of amides is 1. The van der Waals surface area contributed by atoms with E-state index < -0.39 is 6.10 Å². The predicted octanol–water partition coefficient (Wildman–Crippen LogP) is 5.62. The molecule has 150 valence electrons. The molecule has 0 aromatic heterocycles. The van der Waals surface area contributed by atoms with Gasteiger partial charge in [0.15, 0.2) is 6.10 Å². The van der Waals surface area contributed by atoms with Gasteiger partial charge >= 0.3 is 0 Å². The standard InChI is InChI=1S/C25H27NO3/c1-3-19-10-14-23(15-11-19)29-24(4-2)25(27)26-21-12-16-22(17-13-21)28-18-20-8-6-5-7-9-20/h5-17,24H,3-4,18H2,1-2H3,(H,26,27)/t24-/m1/s1. The minimum Gasteiger partial charge on any atom is -0.489 e. The first-order valence-corrected chi connectivity index (χ1v) is 10.0. The van der Waals surface area contributed by atoms with Gasteiger partial charge in [-0.3, -0.25) is 4.79 Å². The molecule has 0 radical (unpaired) electrons. The van der Waals surface area contributed by atoms with Gasteiger partial charge in [-0.1, -0.05) is 56.3 Å². The van der Waals surface area contributed by atoms with Crippen molar-refractivity contribution < 1.29 is 14.3 Å². The smallest absolute Gasteiger partial charge is 0.265 e. The molecule has 0 unspecified atom stereocenters. The molecule has 3 aromatic carbocycles. The molecular formula is C25H27NO3. The van der Waals surface area contributed by atoms with E-state index in [0.717, 1.165) is 17.7 Å². The zero-order valence-electron chi connectivity index (χ0n) is 16.9. The Balaban J connectivity index is 1.54. The van der Waals surface area contributed by atoms with Crippen LogP contribution in [-0.2, 0) is 17.8 Å². The van der Waals surface area contributed by atoms with Crippen LogP contribution >= 0.6 is 0 Å². The Labute approximate surface area is 172 Å². The maximum Gasteiger partial charge on any atom is 0.265 e. The van der Waals surface area contributed by atoms with Crippen molar-refractivity contribution in [2.75, 3.05) is 5.32 Å². The zero-order valence-corrected chi connectivity index (χ0v) is 16.9. The second kappa shape index (κ2) is 10.3. The molecule has 3 rings (SSSR count). The number of nitrogens with one attached hydrogen (secondary N) is 1. The Morgan fingerprint density at radius 3 is 2.10 bits per heavy atom. The SMILES string of the molecule is CCc1ccc(O[C@H](CC)C(=O)Nc2ccc(OCc3ccccc3)cc2)cc1. The van der Waals surface area contributed by atoms with Crippen LogP contribution < -0.4 is 14.8 Å². The van der Waals surface area contributed by atoms with Crippen molar-refractivity contribution in [1.29, 1.82) is 0 Å². The molecule has 29 heavy (non-hydrogen) atoms. The minimum absolute atomic E-state index is 0.162. The molecule has 0 spiro atoms. The van der Waals surface area contributed by atoms with Crippen LogP contribution in [0.3, 0.4) is 0 Å². The molecule has 4 nitrogen and oxygen atoms in total. The van der Waals surface area contributed by atoms with E-state index in [1.165, 1.54) is 5.56 Å². The quantitative estimate of drug-likeness (QED) is 0.516. The number of aryl methyl sites for hydroxylation is 1. The predicted molar refractivity (Wildman–Crippen MR) is 116 cm³/mol. The Hall–Kier alpha value is -3.27. The summed E-state index contributed by atoms with van der Waals surface area (Å²) in [4.78, 5) is 12.6. The van der Waals surface area contributed by atoms with Crippen molar-refractivity contribution in [3.63, 3.8) is 0 Å². The number of anilines is 1. The van der Waals surface area contributed by atoms with E-state index >= 15 is 0 Å². The molecule has 0 fully saturated rings. The highest BCUT2D eigenvalue weighted by Crippen LogP contribution is 2.19. The average Bonchev–Trinajstić information content (AvgIpc) is 2.78. The number of ether oxygens (including phenoxy) is 2. The normalized spacial score (nSPS) is 11.5. The summed E-state index contributed by atoms with van der Waals surface area (Å²) in [6.45, 7) is 4.55. The van der Waals surface area contributed by atoms with Crippen molar-refractivity contribution in [2.24, 2.45) is 0 Å². The summed E-state index contributed by atoms with van der Waals surface area (Å²) in [6, 6.07) is 25.2. The van der Waals surface area contributed by atoms with E-state index in [4.69, 9.17) is 9.47 Å². The highest BCUT2D eigenvalue weighted by atomic mass is 16.5. The molecule has 0 saturated heterocycles. The molecule has 0 heterocycles. The van der Waals surface area contributed by atoms with Crippen LogP contribution in [0.15, 0.2) is 78.9 Å². The van der Waals surface area contributed by atoms with E-state index in [9.17, 15) is 4.79 Å². The molecule has 1 atom stereocenters. The second-order valence-corrected chi connectivity index (χ2v) is 6.80. The van der Waals surface area contributed by atoms with Gasteiger partial charge in [-0.05, 0) is 60.4 Å². The van der Waals surface area contributed by atoms with Crippen LogP contribution in [-0.4, -0.2) is 12.0 Å². The van der Waals surface area contributed by atoms with Crippen molar-refractivity contribution in [3.8, 4) is 11.5 Å². The Bertz CT molecular complexity index is 890. The monoisotopic (exact) mass is 389 g/mol. The van der Waals surface area contributed by atoms with Gasteiger partial charge in [0.05, 0.1) is 0 Å². The van der Waals surface area contributed by atoms with Gasteiger partial charge in [-0.25, -0.2) is 0 Å². The summed E-state index contributed by atoms with van der Waals surface area (Å²) < 4.78 is 11.7. The number of rotatable bonds is 9. The van der Waals surface area contributed by atoms with Crippen LogP contribution in [0.25, 0.3) is 0 Å². The maximum absolute atomic E-state index is 12.6. The van der Waals surface area contributed by atoms with Crippen molar-refractivity contribution in [1.82, 2.24) is 0 Å². The molecular weight excluding hydrogens is 362 g/mol. The van der Waals surface area contributed by atoms with Gasteiger partial charge < -0.3 is 14.8 Å². The Morgan fingerprint density at radius 1 is 0.828 bits per heavy atom. The van der Waals surface area contributed by atoms with Crippen LogP contribution in [0.1, 0.15) is 31.4 Å². The van der Waals surface area contributed by atoms with Crippen molar-refractivity contribution in [3.05, 3.63) is 90.0 Å². The summed E-state index contributed by atoms with van der Waals surface area (Å²) in [6.07, 6.45) is 1.01. The summed E-state index contributed by atoms with van der Waals surface area (Å²) in [7, 11) is 0. The second-order valence-electron chi connectivity index (χ2n) is 6.80. The molecule has 0 bridgehead atoms. The molecule has 0 aliphatic heterocycles. The molecule has 0 aliphatic carbocycles. The summed E-state index contributed by atoms with van der Waals surface area (Å²) in [5.41, 5.74) is 3.06. The topological polar surface area (TPSA) is 47.6 Å². The molecule has 4 heteroatoms. The molecule has 0 saturated carbocycles. The molecule has 0 aliphatic rings. The van der Waals surface area contributed by atoms with E-state index in [1.54, 1.807) is 0 Å². The van der Waals surface area contributed by atoms with Crippen LogP contribution in [0.4, 0.5) is 5.69 Å². The summed E-state index contributed by atoms with van der Waals surface area (Å²) in [5, 5.41) is 2.92. The number of carbonyl (C=O) groups is 1. The fourth-order valence-electron chi connectivity index (χ4n) is 2.89. The third-order valence-electron chi connectivity index (χ3n) is 4.64. The van der Waals surface area contributed by atoms with Crippen LogP contribution in [0, 0.1) is 0 Å². The Morgan fingerprint density at radius 2 is 1.48 bits per heavy atom. The van der Waals surface area contributed by atoms with E-state index in [-0.39, 0.29) is 5.91 Å². The summed E-state index contributed by atoms with van der Waals surface area (Å²) in [5.74, 6) is 1.30. The van der Waals surface area contributed by atoms with Gasteiger partial charge in [0.25, 0.3) is 5.91 Å². The Kier molecular flexibility index (Phi) is 7.28. The van der Waals surface area contributed by atoms with Gasteiger partial charge in [0.2, 0.25) is 0 Å². The molecule has 1 amide bonds. The minimum atomic E-state index is -0.545. The molecule has 1 N–H and O–H groups in total. The third-order valence-corrected chi connectivity index (χ3v) is 4.64. The maximum atomic E-state index is 12.6. The fraction of sp³-hybridized carbons (Fsp3) is 0.240. The van der Waals surface area contributed by atoms with Crippen molar-refractivity contribution in [2.45, 2.75) is 39.4 Å². The first-order valence-electron chi connectivity index (χ1n) is 10.0. The van der Waals surface area contributed by atoms with E-state index in [0.29, 0.717) is 24.5 Å². The van der Waals surface area contributed by atoms with Crippen LogP contribution in [0.5, 0.6) is 11.5 Å². The lowest BCUT2D eigenvalue weighted by molar-refractivity contribution is -0.122. The van der Waals surface area contributed by atoms with Gasteiger partial charge in [-0.15, -0.1) is 0 Å². The summed E-state index contributed by atoms with van der Waals surface area (Å²) >= 11 is 0. The number of carbonyl (C=O) groups excluding carboxylic acids is 1. The largest absolute Gasteiger partial charge is 0.489 e. The highest BCUT2D eigenvalue weighted by molar-refractivity contribution is 5.94. The average molecular weight is 389 g/mol. The third kappa shape index (κ3) is 6.11. The van der Waals surface area contributed by atoms with Gasteiger partial charge in [0, 0.05) is 5.69 Å². The lowest BCUT2D eigenvalue weighted by Crippen LogP contribution is -2.32. The lowest BCUT2D eigenvalue weighted by Gasteiger charge is -2.17. The fourth-order valence-corrected chi connectivity index (χ4v) is 2.89. The zero-order chi connectivity index (χ0) is 20.5. The van der Waals surface area contributed by atoms with E-state index in [2.05, 4.69) is 12.2 Å². The number of hydrogen-bond acceptors (Lipinski definition) is 3. The van der Waals surface area contributed by atoms with Crippen LogP contribution in [0.2, 0.25) is 0 Å². The molecule has 3 aromatic rings. The first-order chi connectivity index (χ1) is 14.2. The highest BCUT2D eigenvalue weighted by Gasteiger charge is 2.18. The van der Waals surface area contributed by atoms with Crippen molar-refractivity contribution >= 4 is 11.6 Å². The number of hydrogen-bond donors (Lipinski definition) is 1. The van der Waals surface area contributed by atoms with E-state index in [1.807, 2.05) is 85.8 Å². The van der Waals surface area contributed by atoms with Gasteiger partial charge in [0.1, 0.15) is 18.1 Å². The van der Waals surface area contributed by atoms with Gasteiger partial charge in [-0.2, -0.15) is 0 Å². The first kappa shape index (κ1) is 20.5. The lowest BCUT2D eigenvalue weighted by atomic mass is 10.1. The number of benzene rings is 3.